The van der Waals surface area contributed by atoms with E-state index in [9.17, 15) is 0 Å². The first-order chi connectivity index (χ1) is 6.29. The summed E-state index contributed by atoms with van der Waals surface area (Å²) >= 11 is 0. The van der Waals surface area contributed by atoms with E-state index in [0.29, 0.717) is 6.04 Å². The molecular formula is C12H17N. The molecule has 1 aliphatic heterocycles. The lowest BCUT2D eigenvalue weighted by atomic mass is 9.98. The monoisotopic (exact) mass is 175 g/mol. The smallest absolute Gasteiger partial charge is 0.0322 e. The van der Waals surface area contributed by atoms with Crippen LogP contribution in [-0.2, 0) is 0 Å². The molecule has 0 bridgehead atoms. The van der Waals surface area contributed by atoms with Crippen LogP contribution in [0.3, 0.4) is 0 Å². The lowest BCUT2D eigenvalue weighted by Gasteiger charge is -2.43. The average Bonchev–Trinajstić information content (AvgIpc) is 2.17. The van der Waals surface area contributed by atoms with Gasteiger partial charge >= 0.3 is 0 Å². The summed E-state index contributed by atoms with van der Waals surface area (Å²) in [7, 11) is 0. The molecule has 0 spiro atoms. The minimum atomic E-state index is 0.588. The van der Waals surface area contributed by atoms with Gasteiger partial charge in [-0.3, -0.25) is 4.90 Å². The van der Waals surface area contributed by atoms with Crippen LogP contribution in [0.15, 0.2) is 30.3 Å². The third-order valence-corrected chi connectivity index (χ3v) is 3.15. The topological polar surface area (TPSA) is 3.24 Å². The minimum Gasteiger partial charge on any atom is -0.294 e. The predicted octanol–water partition coefficient (Wildman–Crippen LogP) is 2.84. The molecule has 0 amide bonds. The molecule has 0 saturated carbocycles. The third kappa shape index (κ3) is 1.61. The standard InChI is InChI=1S/C12H17N/c1-10-8-9-13(10)11(2)12-6-4-3-5-7-12/h3-7,10-11H,8-9H2,1-2H3/t10-,11+/m1/s1. The van der Waals surface area contributed by atoms with Gasteiger partial charge in [-0.2, -0.15) is 0 Å². The Morgan fingerprint density at radius 1 is 1.31 bits per heavy atom. The number of hydrogen-bond acceptors (Lipinski definition) is 1. The highest BCUT2D eigenvalue weighted by Crippen LogP contribution is 2.29. The molecule has 2 atom stereocenters. The van der Waals surface area contributed by atoms with E-state index in [4.69, 9.17) is 0 Å². The molecular weight excluding hydrogens is 158 g/mol. The van der Waals surface area contributed by atoms with E-state index >= 15 is 0 Å². The molecule has 1 aromatic carbocycles. The zero-order chi connectivity index (χ0) is 9.26. The fourth-order valence-corrected chi connectivity index (χ4v) is 2.03. The Bertz CT molecular complexity index is 268. The van der Waals surface area contributed by atoms with E-state index in [1.807, 2.05) is 0 Å². The molecule has 1 heteroatoms. The molecule has 2 rings (SSSR count). The lowest BCUT2D eigenvalue weighted by molar-refractivity contribution is 0.0605. The highest BCUT2D eigenvalue weighted by Gasteiger charge is 2.28. The lowest BCUT2D eigenvalue weighted by Crippen LogP contribution is -2.46. The molecule has 1 heterocycles. The van der Waals surface area contributed by atoms with Crippen LogP contribution in [0.2, 0.25) is 0 Å². The van der Waals surface area contributed by atoms with Gasteiger partial charge in [-0.1, -0.05) is 30.3 Å². The largest absolute Gasteiger partial charge is 0.294 e. The fourth-order valence-electron chi connectivity index (χ4n) is 2.03. The molecule has 0 N–H and O–H groups in total. The van der Waals surface area contributed by atoms with Crippen LogP contribution in [0, 0.1) is 0 Å². The Balaban J connectivity index is 2.09. The van der Waals surface area contributed by atoms with Crippen LogP contribution in [-0.4, -0.2) is 17.5 Å². The summed E-state index contributed by atoms with van der Waals surface area (Å²) in [5, 5.41) is 0. The van der Waals surface area contributed by atoms with Crippen molar-refractivity contribution in [1.29, 1.82) is 0 Å². The maximum Gasteiger partial charge on any atom is 0.0322 e. The number of hydrogen-bond donors (Lipinski definition) is 0. The minimum absolute atomic E-state index is 0.588. The summed E-state index contributed by atoms with van der Waals surface area (Å²) in [5.41, 5.74) is 1.44. The van der Waals surface area contributed by atoms with E-state index in [2.05, 4.69) is 49.1 Å². The van der Waals surface area contributed by atoms with Crippen molar-refractivity contribution in [2.45, 2.75) is 32.4 Å². The number of nitrogens with zero attached hydrogens (tertiary/aromatic N) is 1. The molecule has 13 heavy (non-hydrogen) atoms. The SMILES string of the molecule is C[C@@H]1CCN1[C@@H](C)c1ccccc1. The van der Waals surface area contributed by atoms with Crippen molar-refractivity contribution in [3.05, 3.63) is 35.9 Å². The first-order valence-electron chi connectivity index (χ1n) is 5.09. The first kappa shape index (κ1) is 8.76. The van der Waals surface area contributed by atoms with Gasteiger partial charge < -0.3 is 0 Å². The van der Waals surface area contributed by atoms with Crippen molar-refractivity contribution in [1.82, 2.24) is 4.90 Å². The van der Waals surface area contributed by atoms with Gasteiger partial charge in [0.15, 0.2) is 0 Å². The molecule has 1 aromatic rings. The fraction of sp³-hybridized carbons (Fsp3) is 0.500. The van der Waals surface area contributed by atoms with Crippen LogP contribution >= 0.6 is 0 Å². The summed E-state index contributed by atoms with van der Waals surface area (Å²) in [6.07, 6.45) is 1.36. The molecule has 0 aromatic heterocycles. The van der Waals surface area contributed by atoms with Crippen LogP contribution < -0.4 is 0 Å². The van der Waals surface area contributed by atoms with Crippen molar-refractivity contribution >= 4 is 0 Å². The zero-order valence-electron chi connectivity index (χ0n) is 8.40. The molecule has 0 radical (unpaired) electrons. The number of likely N-dealkylation sites (tertiary alicyclic amines) is 1. The maximum atomic E-state index is 2.55. The van der Waals surface area contributed by atoms with Crippen molar-refractivity contribution < 1.29 is 0 Å². The molecule has 1 nitrogen and oxygen atoms in total. The van der Waals surface area contributed by atoms with Gasteiger partial charge in [-0.25, -0.2) is 0 Å². The van der Waals surface area contributed by atoms with E-state index in [1.165, 1.54) is 18.5 Å². The van der Waals surface area contributed by atoms with E-state index in [0.717, 1.165) is 6.04 Å². The second kappa shape index (κ2) is 3.51. The number of rotatable bonds is 2. The van der Waals surface area contributed by atoms with E-state index in [-0.39, 0.29) is 0 Å². The molecule has 0 aliphatic carbocycles. The van der Waals surface area contributed by atoms with Gasteiger partial charge in [0, 0.05) is 18.6 Å². The highest BCUT2D eigenvalue weighted by molar-refractivity contribution is 5.19. The van der Waals surface area contributed by atoms with Crippen LogP contribution in [0.1, 0.15) is 31.9 Å². The maximum absolute atomic E-state index is 2.55. The second-order valence-electron chi connectivity index (χ2n) is 3.96. The predicted molar refractivity (Wildman–Crippen MR) is 55.6 cm³/mol. The Morgan fingerprint density at radius 2 is 2.00 bits per heavy atom. The summed E-state index contributed by atoms with van der Waals surface area (Å²) in [6, 6.07) is 12.1. The van der Waals surface area contributed by atoms with Gasteiger partial charge in [0.1, 0.15) is 0 Å². The Hall–Kier alpha value is -0.820. The van der Waals surface area contributed by atoms with E-state index in [1.54, 1.807) is 0 Å². The van der Waals surface area contributed by atoms with Crippen molar-refractivity contribution in [3.8, 4) is 0 Å². The van der Waals surface area contributed by atoms with Gasteiger partial charge in [-0.15, -0.1) is 0 Å². The molecule has 1 aliphatic rings. The Morgan fingerprint density at radius 3 is 2.46 bits per heavy atom. The second-order valence-corrected chi connectivity index (χ2v) is 3.96. The van der Waals surface area contributed by atoms with E-state index < -0.39 is 0 Å². The zero-order valence-corrected chi connectivity index (χ0v) is 8.40. The molecule has 1 fully saturated rings. The highest BCUT2D eigenvalue weighted by atomic mass is 15.2. The summed E-state index contributed by atoms with van der Waals surface area (Å²) < 4.78 is 0. The summed E-state index contributed by atoms with van der Waals surface area (Å²) in [5.74, 6) is 0. The normalized spacial score (nSPS) is 25.2. The van der Waals surface area contributed by atoms with Crippen LogP contribution in [0.5, 0.6) is 0 Å². The first-order valence-corrected chi connectivity index (χ1v) is 5.09. The molecule has 1 saturated heterocycles. The summed E-state index contributed by atoms with van der Waals surface area (Å²) in [4.78, 5) is 2.55. The van der Waals surface area contributed by atoms with Crippen LogP contribution in [0.4, 0.5) is 0 Å². The van der Waals surface area contributed by atoms with Gasteiger partial charge in [0.2, 0.25) is 0 Å². The van der Waals surface area contributed by atoms with Crippen molar-refractivity contribution in [3.63, 3.8) is 0 Å². The van der Waals surface area contributed by atoms with Crippen LogP contribution in [0.25, 0.3) is 0 Å². The van der Waals surface area contributed by atoms with Crippen molar-refractivity contribution in [2.24, 2.45) is 0 Å². The van der Waals surface area contributed by atoms with Crippen molar-refractivity contribution in [2.75, 3.05) is 6.54 Å². The average molecular weight is 175 g/mol. The van der Waals surface area contributed by atoms with Gasteiger partial charge in [0.05, 0.1) is 0 Å². The molecule has 70 valence electrons. The molecule has 0 unspecified atom stereocenters. The Labute approximate surface area is 80.4 Å². The Kier molecular flexibility index (Phi) is 2.36. The summed E-state index contributed by atoms with van der Waals surface area (Å²) in [6.45, 7) is 5.87. The quantitative estimate of drug-likeness (QED) is 0.668. The number of benzene rings is 1. The van der Waals surface area contributed by atoms with Gasteiger partial charge in [-0.05, 0) is 25.8 Å². The third-order valence-electron chi connectivity index (χ3n) is 3.15. The van der Waals surface area contributed by atoms with Gasteiger partial charge in [0.25, 0.3) is 0 Å².